The Morgan fingerprint density at radius 1 is 1.73 bits per heavy atom. The smallest absolute Gasteiger partial charge is 0.120 e. The van der Waals surface area contributed by atoms with Gasteiger partial charge in [-0.2, -0.15) is 0 Å². The van der Waals surface area contributed by atoms with Gasteiger partial charge in [0, 0.05) is 19.0 Å². The first kappa shape index (κ1) is 8.68. The maximum atomic E-state index is 10.3. The summed E-state index contributed by atoms with van der Waals surface area (Å²) in [6.07, 6.45) is 2.62. The van der Waals surface area contributed by atoms with Crippen molar-refractivity contribution in [3.63, 3.8) is 0 Å². The maximum Gasteiger partial charge on any atom is 0.120 e. The molecule has 0 spiro atoms. The fraction of sp³-hybridized carbons (Fsp3) is 0.875. The monoisotopic (exact) mass is 156 g/mol. The zero-order valence-electron chi connectivity index (χ0n) is 6.99. The first-order valence-electron chi connectivity index (χ1n) is 4.12. The third kappa shape index (κ3) is 2.27. The summed E-state index contributed by atoms with van der Waals surface area (Å²) in [4.78, 5) is 12.5. The summed E-state index contributed by atoms with van der Waals surface area (Å²) in [6.45, 7) is 2.04. The predicted octanol–water partition coefficient (Wildman–Crippen LogP) is -0.146. The van der Waals surface area contributed by atoms with E-state index in [0.29, 0.717) is 12.3 Å². The number of carbonyl (C=O) groups excluding carboxylic acids is 1. The lowest BCUT2D eigenvalue weighted by Gasteiger charge is -2.33. The van der Waals surface area contributed by atoms with Crippen LogP contribution in [0.15, 0.2) is 0 Å². The van der Waals surface area contributed by atoms with Crippen LogP contribution in [0, 0.1) is 5.92 Å². The molecular weight excluding hydrogens is 140 g/mol. The van der Waals surface area contributed by atoms with Crippen molar-refractivity contribution in [3.8, 4) is 0 Å². The minimum Gasteiger partial charge on any atom is -0.327 e. The average Bonchev–Trinajstić information content (AvgIpc) is 1.98. The predicted molar refractivity (Wildman–Crippen MR) is 44.3 cm³/mol. The Labute approximate surface area is 67.5 Å². The molecule has 0 aromatic heterocycles. The van der Waals surface area contributed by atoms with E-state index in [4.69, 9.17) is 5.73 Å². The van der Waals surface area contributed by atoms with Crippen LogP contribution in [0.2, 0.25) is 0 Å². The van der Waals surface area contributed by atoms with Crippen molar-refractivity contribution in [1.29, 1.82) is 0 Å². The van der Waals surface area contributed by atoms with Crippen molar-refractivity contribution in [3.05, 3.63) is 0 Å². The maximum absolute atomic E-state index is 10.3. The van der Waals surface area contributed by atoms with Gasteiger partial charge in [0.2, 0.25) is 0 Å². The van der Waals surface area contributed by atoms with E-state index < -0.39 is 0 Å². The number of nitrogens with zero attached hydrogens (tertiary/aromatic N) is 1. The van der Waals surface area contributed by atoms with E-state index in [0.717, 1.165) is 25.8 Å². The van der Waals surface area contributed by atoms with Gasteiger partial charge in [0.15, 0.2) is 0 Å². The molecule has 11 heavy (non-hydrogen) atoms. The molecule has 1 heterocycles. The zero-order chi connectivity index (χ0) is 8.27. The molecule has 0 aliphatic carbocycles. The van der Waals surface area contributed by atoms with Gasteiger partial charge in [0.25, 0.3) is 0 Å². The van der Waals surface area contributed by atoms with Crippen LogP contribution >= 0.6 is 0 Å². The number of piperidine rings is 1. The summed E-state index contributed by atoms with van der Waals surface area (Å²) in [6, 6.07) is 0.233. The Kier molecular flexibility index (Phi) is 3.02. The van der Waals surface area contributed by atoms with Crippen molar-refractivity contribution in [2.75, 3.05) is 20.1 Å². The molecule has 0 bridgehead atoms. The average molecular weight is 156 g/mol. The summed E-state index contributed by atoms with van der Waals surface area (Å²) >= 11 is 0. The fourth-order valence-corrected chi connectivity index (χ4v) is 1.61. The zero-order valence-corrected chi connectivity index (χ0v) is 6.99. The first-order valence-corrected chi connectivity index (χ1v) is 4.12. The molecule has 2 N–H and O–H groups in total. The van der Waals surface area contributed by atoms with Gasteiger partial charge in [0.1, 0.15) is 6.29 Å². The van der Waals surface area contributed by atoms with E-state index in [1.165, 1.54) is 0 Å². The van der Waals surface area contributed by atoms with Crippen LogP contribution in [0.3, 0.4) is 0 Å². The Balaban J connectivity index is 2.40. The van der Waals surface area contributed by atoms with E-state index in [2.05, 4.69) is 11.9 Å². The molecule has 0 saturated carbocycles. The van der Waals surface area contributed by atoms with E-state index >= 15 is 0 Å². The normalized spacial score (nSPS) is 33.6. The molecule has 1 saturated heterocycles. The van der Waals surface area contributed by atoms with Crippen LogP contribution in [-0.2, 0) is 4.79 Å². The minimum absolute atomic E-state index is 0.233. The summed E-state index contributed by atoms with van der Waals surface area (Å²) in [5.74, 6) is 0.381. The molecule has 1 aliphatic rings. The van der Waals surface area contributed by atoms with Crippen LogP contribution < -0.4 is 5.73 Å². The number of nitrogens with two attached hydrogens (primary N) is 1. The first-order chi connectivity index (χ1) is 5.24. The number of carbonyl (C=O) groups is 1. The third-order valence-electron chi connectivity index (χ3n) is 2.39. The quantitative estimate of drug-likeness (QED) is 0.566. The second kappa shape index (κ2) is 3.83. The lowest BCUT2D eigenvalue weighted by molar-refractivity contribution is -0.109. The molecule has 0 amide bonds. The summed E-state index contributed by atoms with van der Waals surface area (Å²) in [5.41, 5.74) is 5.84. The van der Waals surface area contributed by atoms with Crippen LogP contribution in [0.5, 0.6) is 0 Å². The van der Waals surface area contributed by atoms with E-state index in [1.54, 1.807) is 0 Å². The van der Waals surface area contributed by atoms with Crippen LogP contribution in [0.1, 0.15) is 12.8 Å². The Morgan fingerprint density at radius 2 is 2.45 bits per heavy atom. The van der Waals surface area contributed by atoms with Gasteiger partial charge in [-0.1, -0.05) is 0 Å². The second-order valence-electron chi connectivity index (χ2n) is 3.38. The second-order valence-corrected chi connectivity index (χ2v) is 3.38. The lowest BCUT2D eigenvalue weighted by atomic mass is 9.91. The Bertz CT molecular complexity index is 138. The van der Waals surface area contributed by atoms with Crippen LogP contribution in [0.25, 0.3) is 0 Å². The van der Waals surface area contributed by atoms with Gasteiger partial charge in [-0.3, -0.25) is 0 Å². The third-order valence-corrected chi connectivity index (χ3v) is 2.39. The molecule has 0 radical (unpaired) electrons. The van der Waals surface area contributed by atoms with Crippen molar-refractivity contribution >= 4 is 6.29 Å². The Hall–Kier alpha value is -0.410. The molecule has 3 nitrogen and oxygen atoms in total. The van der Waals surface area contributed by atoms with Gasteiger partial charge in [-0.25, -0.2) is 0 Å². The topological polar surface area (TPSA) is 46.3 Å². The van der Waals surface area contributed by atoms with E-state index in [9.17, 15) is 4.79 Å². The largest absolute Gasteiger partial charge is 0.327 e. The molecule has 2 unspecified atom stereocenters. The molecule has 1 rings (SSSR count). The SMILES string of the molecule is CN1CCC(N)C(CC=O)C1. The number of aldehydes is 1. The number of rotatable bonds is 2. The molecule has 3 heteroatoms. The summed E-state index contributed by atoms with van der Waals surface area (Å²) in [7, 11) is 2.07. The molecule has 2 atom stereocenters. The summed E-state index contributed by atoms with van der Waals surface area (Å²) < 4.78 is 0. The van der Waals surface area contributed by atoms with Crippen molar-refractivity contribution in [2.45, 2.75) is 18.9 Å². The highest BCUT2D eigenvalue weighted by Crippen LogP contribution is 2.16. The van der Waals surface area contributed by atoms with E-state index in [1.807, 2.05) is 0 Å². The van der Waals surface area contributed by atoms with Crippen molar-refractivity contribution in [2.24, 2.45) is 11.7 Å². The highest BCUT2D eigenvalue weighted by Gasteiger charge is 2.23. The summed E-state index contributed by atoms with van der Waals surface area (Å²) in [5, 5.41) is 0. The van der Waals surface area contributed by atoms with Gasteiger partial charge < -0.3 is 15.4 Å². The fourth-order valence-electron chi connectivity index (χ4n) is 1.61. The van der Waals surface area contributed by atoms with Gasteiger partial charge >= 0.3 is 0 Å². The van der Waals surface area contributed by atoms with Gasteiger partial charge in [0.05, 0.1) is 0 Å². The number of hydrogen-bond donors (Lipinski definition) is 1. The minimum atomic E-state index is 0.233. The Morgan fingerprint density at radius 3 is 3.09 bits per heavy atom. The molecule has 0 aromatic rings. The molecular formula is C8H16N2O. The lowest BCUT2D eigenvalue weighted by Crippen LogP contribution is -2.45. The van der Waals surface area contributed by atoms with Crippen molar-refractivity contribution < 1.29 is 4.79 Å². The molecule has 0 aromatic carbocycles. The number of likely N-dealkylation sites (tertiary alicyclic amines) is 1. The van der Waals surface area contributed by atoms with Gasteiger partial charge in [-0.05, 0) is 25.9 Å². The van der Waals surface area contributed by atoms with Crippen molar-refractivity contribution in [1.82, 2.24) is 4.90 Å². The van der Waals surface area contributed by atoms with Crippen LogP contribution in [-0.4, -0.2) is 37.4 Å². The van der Waals surface area contributed by atoms with E-state index in [-0.39, 0.29) is 6.04 Å². The van der Waals surface area contributed by atoms with Crippen LogP contribution in [0.4, 0.5) is 0 Å². The highest BCUT2D eigenvalue weighted by atomic mass is 16.1. The highest BCUT2D eigenvalue weighted by molar-refractivity contribution is 5.50. The van der Waals surface area contributed by atoms with Gasteiger partial charge in [-0.15, -0.1) is 0 Å². The molecule has 1 fully saturated rings. The molecule has 1 aliphatic heterocycles. The molecule has 64 valence electrons. The standard InChI is InChI=1S/C8H16N2O/c1-10-4-2-8(9)7(6-10)3-5-11/h5,7-8H,2-4,6,9H2,1H3. The number of hydrogen-bond acceptors (Lipinski definition) is 3.